The third kappa shape index (κ3) is 1.84. The van der Waals surface area contributed by atoms with E-state index in [-0.39, 0.29) is 5.78 Å². The molecule has 3 aromatic rings. The summed E-state index contributed by atoms with van der Waals surface area (Å²) in [6.07, 6.45) is 0. The van der Waals surface area contributed by atoms with Crippen molar-refractivity contribution in [1.82, 2.24) is 9.78 Å². The van der Waals surface area contributed by atoms with E-state index in [9.17, 15) is 4.79 Å². The number of hydrogen-bond acceptors (Lipinski definition) is 3. The van der Waals surface area contributed by atoms with Crippen LogP contribution in [-0.4, -0.2) is 15.6 Å². The second-order valence-corrected chi connectivity index (χ2v) is 4.84. The number of carbonyl (C=O) groups excluding carboxylic acids is 1. The predicted molar refractivity (Wildman–Crippen MR) is 77.0 cm³/mol. The summed E-state index contributed by atoms with van der Waals surface area (Å²) in [6.45, 7) is 6.53. The Morgan fingerprint density at radius 1 is 1.30 bits per heavy atom. The van der Waals surface area contributed by atoms with E-state index in [0.29, 0.717) is 11.3 Å². The van der Waals surface area contributed by atoms with Crippen LogP contribution in [0.4, 0.5) is 0 Å². The molecule has 0 aliphatic carbocycles. The molecule has 1 aromatic carbocycles. The van der Waals surface area contributed by atoms with Gasteiger partial charge in [0.05, 0.1) is 11.3 Å². The normalized spacial score (nSPS) is 11.2. The fourth-order valence-electron chi connectivity index (χ4n) is 2.55. The highest BCUT2D eigenvalue weighted by atomic mass is 16.3. The summed E-state index contributed by atoms with van der Waals surface area (Å²) in [5.41, 5.74) is 3.00. The minimum Gasteiger partial charge on any atom is -0.453 e. The van der Waals surface area contributed by atoms with Crippen molar-refractivity contribution < 1.29 is 9.21 Å². The lowest BCUT2D eigenvalue weighted by Gasteiger charge is -2.00. The molecule has 0 amide bonds. The number of benzene rings is 1. The molecular formula is C16H16N2O2. The van der Waals surface area contributed by atoms with Crippen molar-refractivity contribution in [2.24, 2.45) is 0 Å². The van der Waals surface area contributed by atoms with E-state index in [4.69, 9.17) is 4.42 Å². The number of furan rings is 1. The van der Waals surface area contributed by atoms with E-state index in [1.54, 1.807) is 6.07 Å². The zero-order chi connectivity index (χ0) is 14.3. The summed E-state index contributed by atoms with van der Waals surface area (Å²) in [6, 6.07) is 9.41. The molecule has 20 heavy (non-hydrogen) atoms. The van der Waals surface area contributed by atoms with Gasteiger partial charge in [0, 0.05) is 17.6 Å². The van der Waals surface area contributed by atoms with Gasteiger partial charge in [-0.3, -0.25) is 9.48 Å². The molecule has 0 saturated carbocycles. The standard InChI is InChI=1S/C16H16N2O2/c1-4-18-11(3)15(10(2)17-18)16(19)14-9-12-7-5-6-8-13(12)20-14/h5-9H,4H2,1-3H3. The minimum atomic E-state index is -0.101. The van der Waals surface area contributed by atoms with Crippen LogP contribution in [-0.2, 0) is 6.54 Å². The Morgan fingerprint density at radius 3 is 2.70 bits per heavy atom. The van der Waals surface area contributed by atoms with Crippen molar-refractivity contribution in [2.45, 2.75) is 27.3 Å². The van der Waals surface area contributed by atoms with Gasteiger partial charge in [0.25, 0.3) is 0 Å². The van der Waals surface area contributed by atoms with Gasteiger partial charge in [-0.1, -0.05) is 18.2 Å². The number of aromatic nitrogens is 2. The molecule has 0 saturated heterocycles. The molecule has 4 nitrogen and oxygen atoms in total. The molecule has 3 rings (SSSR count). The first kappa shape index (κ1) is 12.7. The molecule has 0 unspecified atom stereocenters. The monoisotopic (exact) mass is 268 g/mol. The molecule has 0 radical (unpaired) electrons. The number of para-hydroxylation sites is 1. The van der Waals surface area contributed by atoms with E-state index in [0.717, 1.165) is 28.9 Å². The Kier molecular flexibility index (Phi) is 2.93. The van der Waals surface area contributed by atoms with Crippen molar-refractivity contribution in [2.75, 3.05) is 0 Å². The van der Waals surface area contributed by atoms with Crippen LogP contribution < -0.4 is 0 Å². The molecule has 0 N–H and O–H groups in total. The minimum absolute atomic E-state index is 0.101. The molecule has 0 bridgehead atoms. The largest absolute Gasteiger partial charge is 0.453 e. The van der Waals surface area contributed by atoms with E-state index in [2.05, 4.69) is 5.10 Å². The number of carbonyl (C=O) groups is 1. The number of ketones is 1. The van der Waals surface area contributed by atoms with E-state index >= 15 is 0 Å². The third-order valence-electron chi connectivity index (χ3n) is 3.56. The highest BCUT2D eigenvalue weighted by molar-refractivity contribution is 6.10. The van der Waals surface area contributed by atoms with Crippen LogP contribution in [0.3, 0.4) is 0 Å². The lowest BCUT2D eigenvalue weighted by atomic mass is 10.1. The van der Waals surface area contributed by atoms with Crippen molar-refractivity contribution >= 4 is 16.8 Å². The molecule has 0 aliphatic heterocycles. The van der Waals surface area contributed by atoms with Crippen LogP contribution in [0.25, 0.3) is 11.0 Å². The van der Waals surface area contributed by atoms with Crippen LogP contribution in [0.5, 0.6) is 0 Å². The lowest BCUT2D eigenvalue weighted by molar-refractivity contribution is 0.101. The fraction of sp³-hybridized carbons (Fsp3) is 0.250. The molecular weight excluding hydrogens is 252 g/mol. The highest BCUT2D eigenvalue weighted by Gasteiger charge is 2.22. The number of nitrogens with zero attached hydrogens (tertiary/aromatic N) is 2. The summed E-state index contributed by atoms with van der Waals surface area (Å²) in [5, 5.41) is 5.32. The van der Waals surface area contributed by atoms with Gasteiger partial charge in [0.2, 0.25) is 5.78 Å². The lowest BCUT2D eigenvalue weighted by Crippen LogP contribution is -2.04. The maximum atomic E-state index is 12.6. The maximum Gasteiger partial charge on any atom is 0.231 e. The zero-order valence-corrected chi connectivity index (χ0v) is 11.8. The van der Waals surface area contributed by atoms with Gasteiger partial charge in [-0.25, -0.2) is 0 Å². The summed E-state index contributed by atoms with van der Waals surface area (Å²) in [4.78, 5) is 12.6. The first-order chi connectivity index (χ1) is 9.61. The van der Waals surface area contributed by atoms with Gasteiger partial charge in [0.1, 0.15) is 5.58 Å². The van der Waals surface area contributed by atoms with Crippen LogP contribution in [0, 0.1) is 13.8 Å². The van der Waals surface area contributed by atoms with Crippen LogP contribution >= 0.6 is 0 Å². The Bertz CT molecular complexity index is 763. The summed E-state index contributed by atoms with van der Waals surface area (Å²) < 4.78 is 7.49. The molecule has 0 spiro atoms. The average molecular weight is 268 g/mol. The highest BCUT2D eigenvalue weighted by Crippen LogP contribution is 2.23. The fourth-order valence-corrected chi connectivity index (χ4v) is 2.55. The first-order valence-corrected chi connectivity index (χ1v) is 6.69. The van der Waals surface area contributed by atoms with Gasteiger partial charge in [0.15, 0.2) is 5.76 Å². The van der Waals surface area contributed by atoms with Crippen molar-refractivity contribution in [3.05, 3.63) is 53.0 Å². The zero-order valence-electron chi connectivity index (χ0n) is 11.8. The van der Waals surface area contributed by atoms with Crippen molar-refractivity contribution in [3.8, 4) is 0 Å². The van der Waals surface area contributed by atoms with Gasteiger partial charge in [-0.05, 0) is 32.9 Å². The Balaban J connectivity index is 2.10. The molecule has 2 aromatic heterocycles. The van der Waals surface area contributed by atoms with Crippen LogP contribution in [0.1, 0.15) is 34.4 Å². The first-order valence-electron chi connectivity index (χ1n) is 6.69. The van der Waals surface area contributed by atoms with Gasteiger partial charge in [-0.2, -0.15) is 5.10 Å². The SMILES string of the molecule is CCn1nc(C)c(C(=O)c2cc3ccccc3o2)c1C. The number of aryl methyl sites for hydroxylation is 2. The smallest absolute Gasteiger partial charge is 0.231 e. The second-order valence-electron chi connectivity index (χ2n) is 4.84. The topological polar surface area (TPSA) is 48.0 Å². The Morgan fingerprint density at radius 2 is 2.05 bits per heavy atom. The molecule has 0 atom stereocenters. The van der Waals surface area contributed by atoms with E-state index in [1.165, 1.54) is 0 Å². The molecule has 0 aliphatic rings. The van der Waals surface area contributed by atoms with Crippen LogP contribution in [0.15, 0.2) is 34.7 Å². The molecule has 0 fully saturated rings. The number of rotatable bonds is 3. The molecule has 4 heteroatoms. The Labute approximate surface area is 117 Å². The van der Waals surface area contributed by atoms with Gasteiger partial charge < -0.3 is 4.42 Å². The predicted octanol–water partition coefficient (Wildman–Crippen LogP) is 3.50. The third-order valence-corrected chi connectivity index (χ3v) is 3.56. The Hall–Kier alpha value is -2.36. The van der Waals surface area contributed by atoms with Gasteiger partial charge in [-0.15, -0.1) is 0 Å². The molecule has 102 valence electrons. The van der Waals surface area contributed by atoms with Crippen molar-refractivity contribution in [3.63, 3.8) is 0 Å². The molecule has 2 heterocycles. The van der Waals surface area contributed by atoms with Gasteiger partial charge >= 0.3 is 0 Å². The second kappa shape index (κ2) is 4.63. The quantitative estimate of drug-likeness (QED) is 0.683. The maximum absolute atomic E-state index is 12.6. The van der Waals surface area contributed by atoms with E-state index in [1.807, 2.05) is 49.7 Å². The number of fused-ring (bicyclic) bond motifs is 1. The summed E-state index contributed by atoms with van der Waals surface area (Å²) in [7, 11) is 0. The summed E-state index contributed by atoms with van der Waals surface area (Å²) >= 11 is 0. The number of hydrogen-bond donors (Lipinski definition) is 0. The summed E-state index contributed by atoms with van der Waals surface area (Å²) in [5.74, 6) is 0.268. The van der Waals surface area contributed by atoms with Crippen LogP contribution in [0.2, 0.25) is 0 Å². The average Bonchev–Trinajstić information content (AvgIpc) is 2.99. The van der Waals surface area contributed by atoms with Crippen molar-refractivity contribution in [1.29, 1.82) is 0 Å². The van der Waals surface area contributed by atoms with E-state index < -0.39 is 0 Å².